The molecule has 0 saturated carbocycles. The van der Waals surface area contributed by atoms with Crippen LogP contribution >= 0.6 is 0 Å². The molecule has 0 unspecified atom stereocenters. The summed E-state index contributed by atoms with van der Waals surface area (Å²) in [6.07, 6.45) is -2.41. The molecule has 0 aliphatic carbocycles. The summed E-state index contributed by atoms with van der Waals surface area (Å²) in [6.45, 7) is 1.81. The molecule has 37 heavy (non-hydrogen) atoms. The molecule has 0 radical (unpaired) electrons. The number of nitrogens with zero attached hydrogens (tertiary/aromatic N) is 7. The largest absolute Gasteiger partial charge is 0.494 e. The standard InChI is InChI=1S/C26H22F2N8O/c1-14-30-26(36(2)35-14)18-8-5-9-19(24(18)37-3)33-20-11-17(10-15-6-4-7-16(13-29)31-15)32-21-12-22(25(27)28)34-23(20)21/h4-9,11,25H,10,12H2,1-3H3,(H,32,33). The first-order valence-electron chi connectivity index (χ1n) is 11.4. The second-order valence-electron chi connectivity index (χ2n) is 8.46. The fraction of sp³-hybridized carbons (Fsp3) is 0.231. The Labute approximate surface area is 211 Å². The molecule has 0 atom stereocenters. The van der Waals surface area contributed by atoms with Crippen LogP contribution in [0.25, 0.3) is 11.4 Å². The summed E-state index contributed by atoms with van der Waals surface area (Å²) in [7, 11) is 3.35. The average Bonchev–Trinajstić information content (AvgIpc) is 3.46. The van der Waals surface area contributed by atoms with Crippen molar-refractivity contribution in [2.45, 2.75) is 26.2 Å². The zero-order chi connectivity index (χ0) is 26.1. The van der Waals surface area contributed by atoms with Gasteiger partial charge in [-0.15, -0.1) is 0 Å². The third-order valence-electron chi connectivity index (χ3n) is 5.86. The molecule has 3 aromatic heterocycles. The maximum atomic E-state index is 13.5. The van der Waals surface area contributed by atoms with Gasteiger partial charge >= 0.3 is 0 Å². The monoisotopic (exact) mass is 500 g/mol. The average molecular weight is 501 g/mol. The summed E-state index contributed by atoms with van der Waals surface area (Å²) in [5.41, 5.74) is 3.95. The molecule has 0 saturated heterocycles. The molecule has 1 aliphatic heterocycles. The number of hydrogen-bond donors (Lipinski definition) is 1. The van der Waals surface area contributed by atoms with Crippen molar-refractivity contribution in [2.24, 2.45) is 12.0 Å². The van der Waals surface area contributed by atoms with Crippen LogP contribution in [-0.2, 0) is 19.9 Å². The van der Waals surface area contributed by atoms with E-state index in [4.69, 9.17) is 4.74 Å². The molecular weight excluding hydrogens is 478 g/mol. The number of para-hydroxylation sites is 1. The van der Waals surface area contributed by atoms with Crippen molar-refractivity contribution in [2.75, 3.05) is 12.4 Å². The highest BCUT2D eigenvalue weighted by molar-refractivity contribution is 5.98. The second-order valence-corrected chi connectivity index (χ2v) is 8.46. The van der Waals surface area contributed by atoms with Gasteiger partial charge in [0.2, 0.25) is 0 Å². The van der Waals surface area contributed by atoms with E-state index < -0.39 is 6.43 Å². The SMILES string of the molecule is COc1c(Nc2cc(Cc3cccc(C#N)n3)nc3c2N=C(C(F)F)C3)cccc1-c1nc(C)nn1C. The van der Waals surface area contributed by atoms with Crippen LogP contribution in [0.3, 0.4) is 0 Å². The molecule has 9 nitrogen and oxygen atoms in total. The van der Waals surface area contributed by atoms with Gasteiger partial charge in [0.1, 0.15) is 23.3 Å². The number of rotatable bonds is 7. The van der Waals surface area contributed by atoms with E-state index in [1.807, 2.05) is 24.3 Å². The number of anilines is 2. The lowest BCUT2D eigenvalue weighted by Crippen LogP contribution is -2.10. The van der Waals surface area contributed by atoms with Gasteiger partial charge in [-0.2, -0.15) is 10.4 Å². The quantitative estimate of drug-likeness (QED) is 0.392. The van der Waals surface area contributed by atoms with Gasteiger partial charge in [-0.05, 0) is 37.3 Å². The lowest BCUT2D eigenvalue weighted by atomic mass is 10.1. The van der Waals surface area contributed by atoms with Gasteiger partial charge < -0.3 is 10.1 Å². The summed E-state index contributed by atoms with van der Waals surface area (Å²) in [5.74, 6) is 1.77. The number of aryl methyl sites for hydroxylation is 2. The Hall–Kier alpha value is -4.72. The molecular formula is C26H22F2N8O. The van der Waals surface area contributed by atoms with Crippen molar-refractivity contribution in [3.05, 3.63) is 71.1 Å². The van der Waals surface area contributed by atoms with E-state index >= 15 is 0 Å². The Balaban J connectivity index is 1.58. The van der Waals surface area contributed by atoms with Gasteiger partial charge in [0.25, 0.3) is 6.43 Å². The Morgan fingerprint density at radius 2 is 1.92 bits per heavy atom. The van der Waals surface area contributed by atoms with Crippen LogP contribution < -0.4 is 10.1 Å². The fourth-order valence-electron chi connectivity index (χ4n) is 4.31. The summed E-state index contributed by atoms with van der Waals surface area (Å²) >= 11 is 0. The number of pyridine rings is 2. The zero-order valence-electron chi connectivity index (χ0n) is 20.3. The highest BCUT2D eigenvalue weighted by Crippen LogP contribution is 2.41. The number of benzene rings is 1. The highest BCUT2D eigenvalue weighted by Gasteiger charge is 2.27. The number of nitrogens with one attached hydrogen (secondary N) is 1. The number of aromatic nitrogens is 5. The first kappa shape index (κ1) is 24.0. The summed E-state index contributed by atoms with van der Waals surface area (Å²) in [5, 5.41) is 16.8. The second kappa shape index (κ2) is 9.73. The van der Waals surface area contributed by atoms with Crippen LogP contribution in [0.4, 0.5) is 25.8 Å². The number of aliphatic imine (C=N–C) groups is 1. The fourth-order valence-corrected chi connectivity index (χ4v) is 4.31. The minimum atomic E-state index is -2.68. The van der Waals surface area contributed by atoms with E-state index in [0.29, 0.717) is 63.7 Å². The molecule has 0 amide bonds. The number of fused-ring (bicyclic) bond motifs is 1. The van der Waals surface area contributed by atoms with Crippen LogP contribution in [0.1, 0.15) is 28.6 Å². The lowest BCUT2D eigenvalue weighted by Gasteiger charge is -2.17. The number of ether oxygens (including phenoxy) is 1. The third-order valence-corrected chi connectivity index (χ3v) is 5.86. The van der Waals surface area contributed by atoms with Gasteiger partial charge in [0.15, 0.2) is 11.6 Å². The van der Waals surface area contributed by atoms with Crippen LogP contribution in [0.2, 0.25) is 0 Å². The van der Waals surface area contributed by atoms with Crippen molar-refractivity contribution >= 4 is 22.8 Å². The summed E-state index contributed by atoms with van der Waals surface area (Å²) in [6, 6.07) is 14.5. The van der Waals surface area contributed by atoms with Crippen molar-refractivity contribution in [3.8, 4) is 23.2 Å². The van der Waals surface area contributed by atoms with Crippen LogP contribution in [0.15, 0.2) is 47.5 Å². The molecule has 0 bridgehead atoms. The van der Waals surface area contributed by atoms with Gasteiger partial charge in [-0.25, -0.2) is 28.4 Å². The topological polar surface area (TPSA) is 114 Å². The van der Waals surface area contributed by atoms with E-state index in [9.17, 15) is 14.0 Å². The molecule has 0 fully saturated rings. The summed E-state index contributed by atoms with van der Waals surface area (Å²) in [4.78, 5) is 17.6. The van der Waals surface area contributed by atoms with E-state index in [1.165, 1.54) is 0 Å². The van der Waals surface area contributed by atoms with Crippen molar-refractivity contribution in [3.63, 3.8) is 0 Å². The zero-order valence-corrected chi connectivity index (χ0v) is 20.3. The van der Waals surface area contributed by atoms with E-state index in [-0.39, 0.29) is 12.1 Å². The Morgan fingerprint density at radius 1 is 1.11 bits per heavy atom. The molecule has 0 spiro atoms. The normalized spacial score (nSPS) is 12.3. The molecule has 11 heteroatoms. The number of methoxy groups -OCH3 is 1. The van der Waals surface area contributed by atoms with E-state index in [0.717, 1.165) is 5.56 Å². The Morgan fingerprint density at radius 3 is 2.62 bits per heavy atom. The summed E-state index contributed by atoms with van der Waals surface area (Å²) < 4.78 is 34.5. The molecule has 1 N–H and O–H groups in total. The highest BCUT2D eigenvalue weighted by atomic mass is 19.3. The van der Waals surface area contributed by atoms with Crippen LogP contribution in [0.5, 0.6) is 5.75 Å². The van der Waals surface area contributed by atoms with Gasteiger partial charge in [-0.1, -0.05) is 12.1 Å². The van der Waals surface area contributed by atoms with Crippen molar-refractivity contribution < 1.29 is 13.5 Å². The molecule has 4 heterocycles. The predicted molar refractivity (Wildman–Crippen MR) is 134 cm³/mol. The first-order chi connectivity index (χ1) is 17.9. The van der Waals surface area contributed by atoms with Gasteiger partial charge in [-0.3, -0.25) is 4.98 Å². The molecule has 1 aromatic carbocycles. The van der Waals surface area contributed by atoms with E-state index in [2.05, 4.69) is 30.4 Å². The molecule has 4 aromatic rings. The number of alkyl halides is 2. The van der Waals surface area contributed by atoms with Crippen LogP contribution in [0, 0.1) is 18.3 Å². The first-order valence-corrected chi connectivity index (χ1v) is 11.4. The predicted octanol–water partition coefficient (Wildman–Crippen LogP) is 4.69. The number of nitriles is 1. The van der Waals surface area contributed by atoms with Gasteiger partial charge in [0.05, 0.1) is 35.5 Å². The molecule has 5 rings (SSSR count). The number of halogens is 2. The maximum Gasteiger partial charge on any atom is 0.277 e. The molecule has 186 valence electrons. The van der Waals surface area contributed by atoms with Crippen LogP contribution in [-0.4, -0.2) is 44.0 Å². The Kier molecular flexibility index (Phi) is 6.31. The smallest absolute Gasteiger partial charge is 0.277 e. The van der Waals surface area contributed by atoms with Crippen molar-refractivity contribution in [1.29, 1.82) is 5.26 Å². The number of hydrogen-bond acceptors (Lipinski definition) is 8. The minimum Gasteiger partial charge on any atom is -0.494 e. The van der Waals surface area contributed by atoms with Gasteiger partial charge in [0, 0.05) is 31.3 Å². The third kappa shape index (κ3) is 4.73. The Bertz CT molecular complexity index is 1570. The van der Waals surface area contributed by atoms with Crippen molar-refractivity contribution in [1.82, 2.24) is 24.7 Å². The van der Waals surface area contributed by atoms with E-state index in [1.54, 1.807) is 50.0 Å². The molecule has 1 aliphatic rings. The lowest BCUT2D eigenvalue weighted by molar-refractivity contribution is 0.224. The minimum absolute atomic E-state index is 0.0451. The maximum absolute atomic E-state index is 13.5.